The summed E-state index contributed by atoms with van der Waals surface area (Å²) in [5, 5.41) is 9.04. The lowest BCUT2D eigenvalue weighted by molar-refractivity contribution is 0.137. The third kappa shape index (κ3) is 8.52. The fraction of sp³-hybridized carbons (Fsp3) is 0.917. The number of ether oxygens (including phenoxy) is 1. The van der Waals surface area contributed by atoms with Crippen molar-refractivity contribution in [1.82, 2.24) is 0 Å². The van der Waals surface area contributed by atoms with Crippen LogP contribution in [0.25, 0.3) is 0 Å². The number of hydrogen-bond acceptors (Lipinski definition) is 2. The molecule has 0 aliphatic heterocycles. The summed E-state index contributed by atoms with van der Waals surface area (Å²) < 4.78 is 5.27. The van der Waals surface area contributed by atoms with Gasteiger partial charge in [0.05, 0.1) is 13.2 Å². The molecule has 0 aliphatic rings. The van der Waals surface area contributed by atoms with Gasteiger partial charge in [-0.25, -0.2) is 0 Å². The van der Waals surface area contributed by atoms with E-state index in [-0.39, 0.29) is 6.61 Å². The maximum Gasteiger partial charge on any atom is 0.0551 e. The molecule has 0 atom stereocenters. The summed E-state index contributed by atoms with van der Waals surface area (Å²) in [4.78, 5) is 0. The van der Waals surface area contributed by atoms with Gasteiger partial charge in [0.15, 0.2) is 0 Å². The molecule has 0 amide bonds. The van der Waals surface area contributed by atoms with E-state index in [1.807, 2.05) is 6.92 Å². The van der Waals surface area contributed by atoms with E-state index in [1.165, 1.54) is 32.1 Å². The molecule has 0 saturated heterocycles. The van der Waals surface area contributed by atoms with E-state index in [1.54, 1.807) is 0 Å². The van der Waals surface area contributed by atoms with E-state index < -0.39 is 0 Å². The molecular weight excluding hydrogens is 176 g/mol. The van der Waals surface area contributed by atoms with Gasteiger partial charge in [0.25, 0.3) is 0 Å². The van der Waals surface area contributed by atoms with Crippen molar-refractivity contribution in [2.24, 2.45) is 0 Å². The van der Waals surface area contributed by atoms with Crippen LogP contribution in [0.5, 0.6) is 0 Å². The minimum absolute atomic E-state index is 0.188. The Morgan fingerprint density at radius 1 is 1.07 bits per heavy atom. The van der Waals surface area contributed by atoms with Crippen LogP contribution < -0.4 is 0 Å². The first-order valence-corrected chi connectivity index (χ1v) is 5.87. The van der Waals surface area contributed by atoms with Crippen molar-refractivity contribution in [3.63, 3.8) is 0 Å². The van der Waals surface area contributed by atoms with Gasteiger partial charge in [0.2, 0.25) is 0 Å². The van der Waals surface area contributed by atoms with Crippen molar-refractivity contribution >= 4 is 0 Å². The molecule has 0 aromatic carbocycles. The van der Waals surface area contributed by atoms with Gasteiger partial charge in [-0.05, 0) is 13.3 Å². The summed E-state index contributed by atoms with van der Waals surface area (Å²) in [6.07, 6.45) is 7.45. The van der Waals surface area contributed by atoms with Gasteiger partial charge in [-0.1, -0.05) is 39.0 Å². The molecule has 0 saturated carbocycles. The molecule has 0 spiro atoms. The van der Waals surface area contributed by atoms with Crippen molar-refractivity contribution in [3.05, 3.63) is 5.92 Å². The van der Waals surface area contributed by atoms with Gasteiger partial charge in [-0.2, -0.15) is 0 Å². The van der Waals surface area contributed by atoms with Crippen LogP contribution in [0.4, 0.5) is 0 Å². The Labute approximate surface area is 88.7 Å². The highest BCUT2D eigenvalue weighted by Gasteiger charge is 2.07. The van der Waals surface area contributed by atoms with Crippen LogP contribution in [-0.2, 0) is 4.74 Å². The highest BCUT2D eigenvalue weighted by molar-refractivity contribution is 4.88. The predicted molar refractivity (Wildman–Crippen MR) is 60.2 cm³/mol. The van der Waals surface area contributed by atoms with E-state index in [4.69, 9.17) is 9.84 Å². The monoisotopic (exact) mass is 201 g/mol. The summed E-state index contributed by atoms with van der Waals surface area (Å²) in [6.45, 7) is 5.77. The van der Waals surface area contributed by atoms with E-state index >= 15 is 0 Å². The van der Waals surface area contributed by atoms with Gasteiger partial charge in [-0.15, -0.1) is 0 Å². The lowest BCUT2D eigenvalue weighted by atomic mass is 10.0. The lowest BCUT2D eigenvalue weighted by Gasteiger charge is -2.12. The van der Waals surface area contributed by atoms with Crippen molar-refractivity contribution in [3.8, 4) is 0 Å². The largest absolute Gasteiger partial charge is 0.396 e. The maximum atomic E-state index is 9.04. The number of hydrogen-bond donors (Lipinski definition) is 1. The Bertz CT molecular complexity index is 104. The van der Waals surface area contributed by atoms with Crippen LogP contribution in [-0.4, -0.2) is 24.9 Å². The smallest absolute Gasteiger partial charge is 0.0551 e. The van der Waals surface area contributed by atoms with Crippen LogP contribution in [0.3, 0.4) is 0 Å². The minimum atomic E-state index is 0.188. The van der Waals surface area contributed by atoms with Crippen LogP contribution in [0.15, 0.2) is 0 Å². The Hall–Kier alpha value is -0.0800. The first-order chi connectivity index (χ1) is 6.85. The second-order valence-corrected chi connectivity index (χ2v) is 3.71. The minimum Gasteiger partial charge on any atom is -0.396 e. The molecule has 0 unspecified atom stereocenters. The van der Waals surface area contributed by atoms with Crippen molar-refractivity contribution in [2.45, 2.75) is 52.4 Å². The number of aliphatic hydroxyl groups is 1. The lowest BCUT2D eigenvalue weighted by Crippen LogP contribution is -2.11. The third-order valence-electron chi connectivity index (χ3n) is 2.37. The molecule has 0 fully saturated rings. The van der Waals surface area contributed by atoms with Crippen LogP contribution in [0.1, 0.15) is 52.4 Å². The number of rotatable bonds is 10. The number of unbranched alkanes of at least 4 members (excludes halogenated alkanes) is 4. The van der Waals surface area contributed by atoms with Crippen LogP contribution in [0, 0.1) is 5.92 Å². The average Bonchev–Trinajstić information content (AvgIpc) is 2.22. The maximum absolute atomic E-state index is 9.04. The standard InChI is InChI=1S/C12H25O2/c1-3-5-6-7-8-9-12(10-13)11-14-4-2/h13H,3-11H2,1-2H3. The average molecular weight is 201 g/mol. The summed E-state index contributed by atoms with van der Waals surface area (Å²) in [5.41, 5.74) is 0. The van der Waals surface area contributed by atoms with Gasteiger partial charge in [0.1, 0.15) is 0 Å². The predicted octanol–water partition coefficient (Wildman–Crippen LogP) is 2.95. The molecule has 1 N–H and O–H groups in total. The molecule has 0 aliphatic carbocycles. The van der Waals surface area contributed by atoms with E-state index in [0.717, 1.165) is 18.9 Å². The zero-order valence-electron chi connectivity index (χ0n) is 9.72. The van der Waals surface area contributed by atoms with Gasteiger partial charge in [0, 0.05) is 12.5 Å². The topological polar surface area (TPSA) is 29.5 Å². The Morgan fingerprint density at radius 3 is 2.36 bits per heavy atom. The molecule has 2 heteroatoms. The first kappa shape index (κ1) is 13.9. The van der Waals surface area contributed by atoms with Gasteiger partial charge in [-0.3, -0.25) is 0 Å². The molecule has 0 aromatic heterocycles. The van der Waals surface area contributed by atoms with Gasteiger partial charge < -0.3 is 9.84 Å². The molecule has 14 heavy (non-hydrogen) atoms. The van der Waals surface area contributed by atoms with Gasteiger partial charge >= 0.3 is 0 Å². The van der Waals surface area contributed by atoms with Crippen molar-refractivity contribution in [2.75, 3.05) is 19.8 Å². The normalized spacial score (nSPS) is 11.1. The second-order valence-electron chi connectivity index (χ2n) is 3.71. The summed E-state index contributed by atoms with van der Waals surface area (Å²) >= 11 is 0. The Morgan fingerprint density at radius 2 is 1.79 bits per heavy atom. The first-order valence-electron chi connectivity index (χ1n) is 5.87. The Kier molecular flexibility index (Phi) is 10.9. The second kappa shape index (κ2) is 11.0. The molecular formula is C12H25O2. The van der Waals surface area contributed by atoms with Crippen molar-refractivity contribution < 1.29 is 9.84 Å². The zero-order chi connectivity index (χ0) is 10.6. The van der Waals surface area contributed by atoms with Crippen molar-refractivity contribution in [1.29, 1.82) is 0 Å². The van der Waals surface area contributed by atoms with Crippen LogP contribution >= 0.6 is 0 Å². The van der Waals surface area contributed by atoms with E-state index in [2.05, 4.69) is 6.92 Å². The van der Waals surface area contributed by atoms with E-state index in [9.17, 15) is 0 Å². The molecule has 2 nitrogen and oxygen atoms in total. The molecule has 0 bridgehead atoms. The molecule has 85 valence electrons. The third-order valence-corrected chi connectivity index (χ3v) is 2.37. The number of aliphatic hydroxyl groups excluding tert-OH is 1. The van der Waals surface area contributed by atoms with Crippen LogP contribution in [0.2, 0.25) is 0 Å². The highest BCUT2D eigenvalue weighted by atomic mass is 16.5. The zero-order valence-corrected chi connectivity index (χ0v) is 9.72. The summed E-state index contributed by atoms with van der Waals surface area (Å²) in [7, 11) is 0. The molecule has 0 rings (SSSR count). The SMILES string of the molecule is CCCCCCC[C](CO)COCC. The highest BCUT2D eigenvalue weighted by Crippen LogP contribution is 2.13. The molecule has 1 radical (unpaired) electrons. The summed E-state index contributed by atoms with van der Waals surface area (Å²) in [6, 6.07) is 0. The quantitative estimate of drug-likeness (QED) is 0.551. The fourth-order valence-corrected chi connectivity index (χ4v) is 1.42. The summed E-state index contributed by atoms with van der Waals surface area (Å²) in [5.74, 6) is 1.14. The molecule has 0 heterocycles. The molecule has 0 aromatic rings. The fourth-order valence-electron chi connectivity index (χ4n) is 1.42. The Balaban J connectivity index is 3.24. The van der Waals surface area contributed by atoms with E-state index in [0.29, 0.717) is 6.61 Å².